The van der Waals surface area contributed by atoms with Gasteiger partial charge in [0.25, 0.3) is 0 Å². The molecule has 1 aromatic carbocycles. The third-order valence-electron chi connectivity index (χ3n) is 5.22. The molecule has 1 amide bonds. The van der Waals surface area contributed by atoms with E-state index >= 15 is 0 Å². The maximum Gasteiger partial charge on any atom is 0.248 e. The number of carbonyl (C=O) groups is 1. The highest BCUT2D eigenvalue weighted by atomic mass is 16.5. The van der Waals surface area contributed by atoms with E-state index in [4.69, 9.17) is 15.2 Å². The average molecular weight is 334 g/mol. The van der Waals surface area contributed by atoms with Crippen LogP contribution in [0.5, 0.6) is 5.75 Å². The SMILES string of the molecule is NC(=O)c1ccc(OCCCN2C[C@@H]3CCOC[C@]3(CO)C2)cc1. The van der Waals surface area contributed by atoms with Crippen LogP contribution in [-0.2, 0) is 4.74 Å². The second kappa shape index (κ2) is 7.51. The first-order chi connectivity index (χ1) is 11.6. The maximum atomic E-state index is 11.0. The zero-order chi connectivity index (χ0) is 17.0. The molecule has 6 heteroatoms. The molecule has 3 N–H and O–H groups in total. The second-order valence-corrected chi connectivity index (χ2v) is 6.88. The Morgan fingerprint density at radius 2 is 2.21 bits per heavy atom. The van der Waals surface area contributed by atoms with Crippen molar-refractivity contribution < 1.29 is 19.4 Å². The number of hydrogen-bond acceptors (Lipinski definition) is 5. The van der Waals surface area contributed by atoms with Crippen LogP contribution in [0, 0.1) is 11.3 Å². The monoisotopic (exact) mass is 334 g/mol. The largest absolute Gasteiger partial charge is 0.494 e. The average Bonchev–Trinajstić information content (AvgIpc) is 2.98. The van der Waals surface area contributed by atoms with Crippen LogP contribution >= 0.6 is 0 Å². The van der Waals surface area contributed by atoms with Crippen molar-refractivity contribution >= 4 is 5.91 Å². The number of primary amides is 1. The Labute approximate surface area is 142 Å². The Balaban J connectivity index is 1.41. The van der Waals surface area contributed by atoms with E-state index in [2.05, 4.69) is 4.90 Å². The third-order valence-corrected chi connectivity index (χ3v) is 5.22. The van der Waals surface area contributed by atoms with Gasteiger partial charge in [-0.3, -0.25) is 4.79 Å². The predicted octanol–water partition coefficient (Wildman–Crippen LogP) is 0.885. The van der Waals surface area contributed by atoms with Gasteiger partial charge in [0.15, 0.2) is 0 Å². The fourth-order valence-corrected chi connectivity index (χ4v) is 3.79. The summed E-state index contributed by atoms with van der Waals surface area (Å²) in [5.41, 5.74) is 5.63. The number of carbonyl (C=O) groups excluding carboxylic acids is 1. The third kappa shape index (κ3) is 3.71. The number of amides is 1. The van der Waals surface area contributed by atoms with E-state index in [1.54, 1.807) is 24.3 Å². The van der Waals surface area contributed by atoms with E-state index in [-0.39, 0.29) is 12.0 Å². The molecule has 0 radical (unpaired) electrons. The Bertz CT molecular complexity index is 563. The number of rotatable bonds is 7. The summed E-state index contributed by atoms with van der Waals surface area (Å²) in [6.07, 6.45) is 1.96. The molecular weight excluding hydrogens is 308 g/mol. The van der Waals surface area contributed by atoms with Crippen molar-refractivity contribution in [2.45, 2.75) is 12.8 Å². The molecule has 2 aliphatic heterocycles. The van der Waals surface area contributed by atoms with Crippen molar-refractivity contribution in [3.05, 3.63) is 29.8 Å². The van der Waals surface area contributed by atoms with Gasteiger partial charge in [0.2, 0.25) is 5.91 Å². The first-order valence-electron chi connectivity index (χ1n) is 8.57. The zero-order valence-electron chi connectivity index (χ0n) is 13.9. The number of fused-ring (bicyclic) bond motifs is 1. The van der Waals surface area contributed by atoms with Crippen LogP contribution in [0.25, 0.3) is 0 Å². The molecule has 2 heterocycles. The molecule has 2 saturated heterocycles. The number of ether oxygens (including phenoxy) is 2. The van der Waals surface area contributed by atoms with Crippen molar-refractivity contribution in [3.63, 3.8) is 0 Å². The molecule has 0 spiro atoms. The molecule has 132 valence electrons. The molecule has 24 heavy (non-hydrogen) atoms. The van der Waals surface area contributed by atoms with Gasteiger partial charge in [-0.15, -0.1) is 0 Å². The van der Waals surface area contributed by atoms with Crippen LogP contribution in [0.2, 0.25) is 0 Å². The van der Waals surface area contributed by atoms with E-state index < -0.39 is 5.91 Å². The van der Waals surface area contributed by atoms with E-state index in [0.29, 0.717) is 24.7 Å². The highest BCUT2D eigenvalue weighted by molar-refractivity contribution is 5.92. The minimum Gasteiger partial charge on any atom is -0.494 e. The summed E-state index contributed by atoms with van der Waals surface area (Å²) in [5, 5.41) is 9.79. The summed E-state index contributed by atoms with van der Waals surface area (Å²) in [7, 11) is 0. The number of nitrogens with two attached hydrogens (primary N) is 1. The molecule has 1 aromatic rings. The Kier molecular flexibility index (Phi) is 5.38. The van der Waals surface area contributed by atoms with Gasteiger partial charge in [-0.05, 0) is 43.0 Å². The van der Waals surface area contributed by atoms with Gasteiger partial charge in [-0.2, -0.15) is 0 Å². The summed E-state index contributed by atoms with van der Waals surface area (Å²) < 4.78 is 11.3. The summed E-state index contributed by atoms with van der Waals surface area (Å²) in [6.45, 7) is 5.21. The highest BCUT2D eigenvalue weighted by Gasteiger charge is 2.47. The number of hydrogen-bond donors (Lipinski definition) is 2. The lowest BCUT2D eigenvalue weighted by molar-refractivity contribution is -0.0560. The molecule has 2 aliphatic rings. The van der Waals surface area contributed by atoms with Crippen molar-refractivity contribution in [3.8, 4) is 5.75 Å². The molecule has 2 fully saturated rings. The number of likely N-dealkylation sites (tertiary alicyclic amines) is 1. The fraction of sp³-hybridized carbons (Fsp3) is 0.611. The minimum atomic E-state index is -0.432. The van der Waals surface area contributed by atoms with Gasteiger partial charge in [-0.1, -0.05) is 0 Å². The van der Waals surface area contributed by atoms with Gasteiger partial charge in [0.05, 0.1) is 19.8 Å². The molecule has 0 bridgehead atoms. The van der Waals surface area contributed by atoms with Crippen LogP contribution < -0.4 is 10.5 Å². The van der Waals surface area contributed by atoms with Crippen LogP contribution in [0.1, 0.15) is 23.2 Å². The molecule has 0 unspecified atom stereocenters. The van der Waals surface area contributed by atoms with Crippen LogP contribution in [0.4, 0.5) is 0 Å². The van der Waals surface area contributed by atoms with Gasteiger partial charge in [0, 0.05) is 37.2 Å². The summed E-state index contributed by atoms with van der Waals surface area (Å²) in [4.78, 5) is 13.4. The standard InChI is InChI=1S/C18H26N2O4/c19-17(22)14-2-4-16(5-3-14)24-8-1-7-20-10-15-6-9-23-13-18(15,11-20)12-21/h2-5,15,21H,1,6-13H2,(H2,19,22)/t15-,18+/m0/s1. The van der Waals surface area contributed by atoms with Crippen molar-refractivity contribution in [1.29, 1.82) is 0 Å². The van der Waals surface area contributed by atoms with Gasteiger partial charge < -0.3 is 25.2 Å². The van der Waals surface area contributed by atoms with Crippen LogP contribution in [0.15, 0.2) is 24.3 Å². The lowest BCUT2D eigenvalue weighted by Crippen LogP contribution is -2.43. The lowest BCUT2D eigenvalue weighted by Gasteiger charge is -2.36. The Hall–Kier alpha value is -1.63. The predicted molar refractivity (Wildman–Crippen MR) is 90.0 cm³/mol. The molecule has 2 atom stereocenters. The summed E-state index contributed by atoms with van der Waals surface area (Å²) in [5.74, 6) is 0.854. The first kappa shape index (κ1) is 17.2. The minimum absolute atomic E-state index is 0.0658. The number of aliphatic hydroxyl groups excluding tert-OH is 1. The van der Waals surface area contributed by atoms with Gasteiger partial charge in [0.1, 0.15) is 5.75 Å². The number of nitrogens with zero attached hydrogens (tertiary/aromatic N) is 1. The quantitative estimate of drug-likeness (QED) is 0.723. The van der Waals surface area contributed by atoms with Crippen molar-refractivity contribution in [1.82, 2.24) is 4.90 Å². The van der Waals surface area contributed by atoms with E-state index in [1.807, 2.05) is 0 Å². The maximum absolute atomic E-state index is 11.0. The second-order valence-electron chi connectivity index (χ2n) is 6.88. The van der Waals surface area contributed by atoms with E-state index in [1.165, 1.54) is 0 Å². The molecule has 0 aliphatic carbocycles. The zero-order valence-corrected chi connectivity index (χ0v) is 13.9. The Morgan fingerprint density at radius 1 is 1.42 bits per heavy atom. The van der Waals surface area contributed by atoms with Crippen LogP contribution in [-0.4, -0.2) is 62.0 Å². The summed E-state index contributed by atoms with van der Waals surface area (Å²) >= 11 is 0. The van der Waals surface area contributed by atoms with E-state index in [9.17, 15) is 9.90 Å². The Morgan fingerprint density at radius 3 is 2.88 bits per heavy atom. The van der Waals surface area contributed by atoms with Crippen molar-refractivity contribution in [2.75, 3.05) is 46.1 Å². The molecule has 0 aromatic heterocycles. The molecule has 3 rings (SSSR count). The van der Waals surface area contributed by atoms with Crippen LogP contribution in [0.3, 0.4) is 0 Å². The normalized spacial score (nSPS) is 27.0. The fourth-order valence-electron chi connectivity index (χ4n) is 3.79. The molecule has 0 saturated carbocycles. The number of aliphatic hydroxyl groups is 1. The number of benzene rings is 1. The smallest absolute Gasteiger partial charge is 0.248 e. The topological polar surface area (TPSA) is 85.0 Å². The lowest BCUT2D eigenvalue weighted by atomic mass is 9.76. The van der Waals surface area contributed by atoms with Gasteiger partial charge in [-0.25, -0.2) is 0 Å². The van der Waals surface area contributed by atoms with Crippen molar-refractivity contribution in [2.24, 2.45) is 17.1 Å². The van der Waals surface area contributed by atoms with E-state index in [0.717, 1.165) is 44.8 Å². The molecular formula is C18H26N2O4. The van der Waals surface area contributed by atoms with Gasteiger partial charge >= 0.3 is 0 Å². The first-order valence-corrected chi connectivity index (χ1v) is 8.57. The highest BCUT2D eigenvalue weighted by Crippen LogP contribution is 2.40. The molecule has 6 nitrogen and oxygen atoms in total. The summed E-state index contributed by atoms with van der Waals surface area (Å²) in [6, 6.07) is 6.88.